The lowest BCUT2D eigenvalue weighted by Gasteiger charge is -2.51. The Bertz CT molecular complexity index is 1160. The second kappa shape index (κ2) is 16.1. The summed E-state index contributed by atoms with van der Waals surface area (Å²) in [6.07, 6.45) is 3.09. The average Bonchev–Trinajstić information content (AvgIpc) is 3.47. The van der Waals surface area contributed by atoms with Gasteiger partial charge in [0.2, 0.25) is 14.9 Å². The highest BCUT2D eigenvalue weighted by atomic mass is 32.2. The predicted octanol–water partition coefficient (Wildman–Crippen LogP) is 3.52. The van der Waals surface area contributed by atoms with E-state index in [1.54, 1.807) is 9.80 Å². The summed E-state index contributed by atoms with van der Waals surface area (Å²) in [5.74, 6) is -1.11. The SMILES string of the molecule is C=CCOC(=O)C1=C(S[C@H]2C[C@@H](COCCNC(N)=O)N(C(=O)OCC=C)C2)[C@H](C)[C@@H]2[C@H]([C@@H](CO[Si](C)C)C(C)(C)C)C(=O)N12. The van der Waals surface area contributed by atoms with Crippen LogP contribution in [-0.4, -0.2) is 106 Å². The second-order valence-electron chi connectivity index (χ2n) is 12.8. The molecule has 4 amide bonds. The van der Waals surface area contributed by atoms with Gasteiger partial charge in [-0.2, -0.15) is 0 Å². The molecule has 3 aliphatic heterocycles. The molecule has 6 atom stereocenters. The highest BCUT2D eigenvalue weighted by molar-refractivity contribution is 8.03. The molecule has 2 saturated heterocycles. The van der Waals surface area contributed by atoms with Crippen molar-refractivity contribution in [1.29, 1.82) is 0 Å². The molecule has 1 radical (unpaired) electrons. The number of likely N-dealkylation sites (tertiary alicyclic amines) is 1. The van der Waals surface area contributed by atoms with Gasteiger partial charge in [-0.25, -0.2) is 14.4 Å². The predicted molar refractivity (Wildman–Crippen MR) is 174 cm³/mol. The van der Waals surface area contributed by atoms with E-state index in [1.807, 2.05) is 0 Å². The Balaban J connectivity index is 1.86. The maximum atomic E-state index is 13.9. The minimum Gasteiger partial charge on any atom is -0.457 e. The molecule has 0 spiro atoms. The van der Waals surface area contributed by atoms with E-state index >= 15 is 0 Å². The van der Waals surface area contributed by atoms with Gasteiger partial charge >= 0.3 is 18.1 Å². The molecule has 251 valence electrons. The molecular formula is C31H49N4O8SSi. The third-order valence-corrected chi connectivity index (χ3v) is 10.5. The van der Waals surface area contributed by atoms with Crippen molar-refractivity contribution < 1.29 is 37.8 Å². The van der Waals surface area contributed by atoms with Gasteiger partial charge in [0.15, 0.2) is 0 Å². The van der Waals surface area contributed by atoms with E-state index < -0.39 is 27.1 Å². The van der Waals surface area contributed by atoms with Crippen molar-refractivity contribution in [2.75, 3.05) is 46.1 Å². The summed E-state index contributed by atoms with van der Waals surface area (Å²) in [4.78, 5) is 55.3. The number of ether oxygens (including phenoxy) is 3. The van der Waals surface area contributed by atoms with Crippen LogP contribution in [0.4, 0.5) is 9.59 Å². The molecule has 0 unspecified atom stereocenters. The van der Waals surface area contributed by atoms with Crippen LogP contribution in [0.5, 0.6) is 0 Å². The topological polar surface area (TPSA) is 150 Å². The number of hydrogen-bond donors (Lipinski definition) is 2. The molecule has 0 aromatic heterocycles. The van der Waals surface area contributed by atoms with Crippen LogP contribution in [0.1, 0.15) is 34.1 Å². The molecule has 0 saturated carbocycles. The summed E-state index contributed by atoms with van der Waals surface area (Å²) >= 11 is 1.51. The number of nitrogens with two attached hydrogens (primary N) is 1. The van der Waals surface area contributed by atoms with Crippen LogP contribution in [0, 0.1) is 23.2 Å². The van der Waals surface area contributed by atoms with Crippen molar-refractivity contribution in [3.63, 3.8) is 0 Å². The number of carbonyl (C=O) groups excluding carboxylic acids is 4. The number of rotatable bonds is 16. The maximum absolute atomic E-state index is 13.9. The number of carbonyl (C=O) groups is 4. The number of fused-ring (bicyclic) bond motifs is 1. The standard InChI is InChI=1S/C31H49N4O8SSi/c1-9-12-41-28(37)25-26(19(3)24-23(27(36)35(24)25)22(31(4,5)6)18-43-45(7)8)44-21-15-20(17-40-14-11-33-29(32)38)34(16-21)30(39)42-13-10-2/h9-10,19-24H,1-2,11-18H2,3-8H3,(H3,32,33,38)/t19-,20+,21+,22-,23+,24-/m1/s1. The molecule has 3 N–H and O–H groups in total. The van der Waals surface area contributed by atoms with E-state index in [4.69, 9.17) is 24.4 Å². The van der Waals surface area contributed by atoms with Gasteiger partial charge in [-0.05, 0) is 30.8 Å². The fraction of sp³-hybridized carbons (Fsp3) is 0.677. The van der Waals surface area contributed by atoms with Gasteiger partial charge in [0.05, 0.1) is 31.2 Å². The summed E-state index contributed by atoms with van der Waals surface area (Å²) in [6.45, 7) is 21.5. The molecule has 14 heteroatoms. The van der Waals surface area contributed by atoms with Gasteiger partial charge in [-0.1, -0.05) is 53.0 Å². The maximum Gasteiger partial charge on any atom is 0.410 e. The van der Waals surface area contributed by atoms with E-state index in [2.05, 4.69) is 59.3 Å². The van der Waals surface area contributed by atoms with Crippen LogP contribution in [0.2, 0.25) is 13.1 Å². The van der Waals surface area contributed by atoms with E-state index in [-0.39, 0.29) is 85.1 Å². The van der Waals surface area contributed by atoms with Crippen LogP contribution < -0.4 is 11.1 Å². The Morgan fingerprint density at radius 1 is 1.18 bits per heavy atom. The molecule has 45 heavy (non-hydrogen) atoms. The van der Waals surface area contributed by atoms with Gasteiger partial charge in [0, 0.05) is 35.8 Å². The Hall–Kier alpha value is -2.81. The van der Waals surface area contributed by atoms with Crippen molar-refractivity contribution in [2.24, 2.45) is 28.9 Å². The summed E-state index contributed by atoms with van der Waals surface area (Å²) in [5.41, 5.74) is 5.21. The van der Waals surface area contributed by atoms with Crippen molar-refractivity contribution in [3.05, 3.63) is 35.9 Å². The van der Waals surface area contributed by atoms with Crippen LogP contribution in [0.25, 0.3) is 0 Å². The van der Waals surface area contributed by atoms with Crippen LogP contribution in [0.15, 0.2) is 35.9 Å². The summed E-state index contributed by atoms with van der Waals surface area (Å²) < 4.78 is 22.7. The van der Waals surface area contributed by atoms with E-state index in [0.717, 1.165) is 4.91 Å². The number of nitrogens with zero attached hydrogens (tertiary/aromatic N) is 2. The number of thioether (sulfide) groups is 1. The lowest BCUT2D eigenvalue weighted by Crippen LogP contribution is -2.64. The van der Waals surface area contributed by atoms with Crippen LogP contribution >= 0.6 is 11.8 Å². The van der Waals surface area contributed by atoms with Crippen LogP contribution in [0.3, 0.4) is 0 Å². The summed E-state index contributed by atoms with van der Waals surface area (Å²) in [7, 11) is -0.961. The summed E-state index contributed by atoms with van der Waals surface area (Å²) in [5, 5.41) is 2.38. The molecule has 3 aliphatic rings. The first-order valence-electron chi connectivity index (χ1n) is 15.3. The van der Waals surface area contributed by atoms with Crippen molar-refractivity contribution in [1.82, 2.24) is 15.1 Å². The largest absolute Gasteiger partial charge is 0.457 e. The van der Waals surface area contributed by atoms with Crippen molar-refractivity contribution in [2.45, 2.75) is 64.5 Å². The second-order valence-corrected chi connectivity index (χ2v) is 16.3. The number of amides is 4. The zero-order chi connectivity index (χ0) is 33.5. The Morgan fingerprint density at radius 3 is 2.44 bits per heavy atom. The number of esters is 1. The minimum atomic E-state index is -0.961. The summed E-state index contributed by atoms with van der Waals surface area (Å²) in [6, 6.07) is -1.13. The monoisotopic (exact) mass is 665 g/mol. The molecule has 12 nitrogen and oxygen atoms in total. The molecule has 0 bridgehead atoms. The number of β-lactam (4-membered cyclic amide) rings is 1. The van der Waals surface area contributed by atoms with Crippen molar-refractivity contribution >= 4 is 44.8 Å². The third-order valence-electron chi connectivity index (χ3n) is 8.30. The Kier molecular flexibility index (Phi) is 13.2. The smallest absolute Gasteiger partial charge is 0.410 e. The lowest BCUT2D eigenvalue weighted by molar-refractivity contribution is -0.165. The Labute approximate surface area is 272 Å². The molecule has 3 rings (SSSR count). The van der Waals surface area contributed by atoms with E-state index in [1.165, 1.54) is 23.9 Å². The number of nitrogens with one attached hydrogen (secondary N) is 1. The van der Waals surface area contributed by atoms with Gasteiger partial charge in [-0.15, -0.1) is 11.8 Å². The zero-order valence-electron chi connectivity index (χ0n) is 27.3. The fourth-order valence-corrected chi connectivity index (χ4v) is 8.21. The zero-order valence-corrected chi connectivity index (χ0v) is 29.2. The number of urea groups is 1. The highest BCUT2D eigenvalue weighted by Crippen LogP contribution is 2.55. The average molecular weight is 666 g/mol. The molecule has 3 heterocycles. The normalized spacial score (nSPS) is 25.1. The fourth-order valence-electron chi connectivity index (χ4n) is 6.14. The van der Waals surface area contributed by atoms with E-state index in [9.17, 15) is 19.2 Å². The van der Waals surface area contributed by atoms with Gasteiger partial charge in [0.1, 0.15) is 18.9 Å². The molecular weight excluding hydrogens is 617 g/mol. The minimum absolute atomic E-state index is 0.0252. The Morgan fingerprint density at radius 2 is 1.84 bits per heavy atom. The highest BCUT2D eigenvalue weighted by Gasteiger charge is 2.62. The first-order chi connectivity index (χ1) is 21.2. The van der Waals surface area contributed by atoms with Gasteiger partial charge in [-0.3, -0.25) is 4.79 Å². The molecule has 0 aromatic carbocycles. The molecule has 2 fully saturated rings. The quantitative estimate of drug-likeness (QED) is 0.0830. The van der Waals surface area contributed by atoms with Gasteiger partial charge < -0.3 is 39.5 Å². The molecule has 0 aliphatic carbocycles. The van der Waals surface area contributed by atoms with Crippen molar-refractivity contribution in [3.8, 4) is 0 Å². The van der Waals surface area contributed by atoms with Crippen LogP contribution in [-0.2, 0) is 28.2 Å². The van der Waals surface area contributed by atoms with Gasteiger partial charge in [0.25, 0.3) is 0 Å². The number of hydrogen-bond acceptors (Lipinski definition) is 9. The third kappa shape index (κ3) is 8.92. The number of primary amides is 1. The molecule has 0 aromatic rings. The first-order valence-corrected chi connectivity index (χ1v) is 18.6. The first kappa shape index (κ1) is 36.7. The lowest BCUT2D eigenvalue weighted by atomic mass is 9.65. The van der Waals surface area contributed by atoms with E-state index in [0.29, 0.717) is 19.6 Å².